The van der Waals surface area contributed by atoms with Gasteiger partial charge in [-0.25, -0.2) is 0 Å². The van der Waals surface area contributed by atoms with E-state index in [0.717, 1.165) is 30.2 Å². The van der Waals surface area contributed by atoms with Gasteiger partial charge < -0.3 is 26.8 Å². The Hall–Kier alpha value is -1.61. The zero-order valence-corrected chi connectivity index (χ0v) is 16.4. The van der Waals surface area contributed by atoms with Crippen molar-refractivity contribution in [3.05, 3.63) is 35.9 Å². The molecule has 1 saturated heterocycles. The highest BCUT2D eigenvalue weighted by Gasteiger charge is 2.24. The molecule has 1 fully saturated rings. The van der Waals surface area contributed by atoms with Crippen LogP contribution in [0.3, 0.4) is 0 Å². The number of nitrogens with two attached hydrogens (primary N) is 2. The molecular weight excluding hydrogens is 364 g/mol. The fraction of sp³-hybridized carbons (Fsp3) is 0.579. The fourth-order valence-corrected chi connectivity index (χ4v) is 3.90. The summed E-state index contributed by atoms with van der Waals surface area (Å²) in [6.07, 6.45) is 1.21. The summed E-state index contributed by atoms with van der Waals surface area (Å²) in [6, 6.07) is 8.38. The Morgan fingerprint density at radius 2 is 1.96 bits per heavy atom. The Labute approximate surface area is 164 Å². The second-order valence-corrected chi connectivity index (χ2v) is 7.91. The number of aliphatic hydroxyl groups excluding tert-OH is 1. The van der Waals surface area contributed by atoms with Gasteiger partial charge in [-0.15, -0.1) is 11.8 Å². The fourth-order valence-electron chi connectivity index (χ4n) is 2.94. The first-order chi connectivity index (χ1) is 13.0. The van der Waals surface area contributed by atoms with Crippen LogP contribution in [0.4, 0.5) is 0 Å². The summed E-state index contributed by atoms with van der Waals surface area (Å²) in [5.74, 6) is 1.24. The minimum absolute atomic E-state index is 0.00587. The quantitative estimate of drug-likeness (QED) is 0.417. The average Bonchev–Trinajstić information content (AvgIpc) is 3.21. The van der Waals surface area contributed by atoms with Gasteiger partial charge >= 0.3 is 0 Å². The molecule has 6 N–H and O–H groups in total. The van der Waals surface area contributed by atoms with Crippen LogP contribution in [0.1, 0.15) is 24.8 Å². The molecule has 0 spiro atoms. The summed E-state index contributed by atoms with van der Waals surface area (Å²) >= 11 is 1.74. The third-order valence-corrected chi connectivity index (χ3v) is 5.58. The molecule has 0 bridgehead atoms. The van der Waals surface area contributed by atoms with E-state index in [-0.39, 0.29) is 5.91 Å². The molecule has 1 aliphatic rings. The lowest BCUT2D eigenvalue weighted by Crippen LogP contribution is -2.47. The van der Waals surface area contributed by atoms with Crippen molar-refractivity contribution in [1.82, 2.24) is 10.2 Å². The highest BCUT2D eigenvalue weighted by atomic mass is 32.2. The topological polar surface area (TPSA) is 122 Å². The third kappa shape index (κ3) is 7.14. The normalized spacial score (nSPS) is 17.4. The van der Waals surface area contributed by atoms with Crippen LogP contribution in [-0.4, -0.2) is 64.7 Å². The Kier molecular flexibility index (Phi) is 9.06. The van der Waals surface area contributed by atoms with E-state index >= 15 is 0 Å². The summed E-state index contributed by atoms with van der Waals surface area (Å²) in [7, 11) is 0. The molecule has 1 aliphatic heterocycles. The molecule has 1 aromatic rings. The number of benzene rings is 1. The zero-order chi connectivity index (χ0) is 19.6. The molecule has 1 aromatic carbocycles. The lowest BCUT2D eigenvalue weighted by molar-refractivity contribution is -0.131. The van der Waals surface area contributed by atoms with E-state index in [1.54, 1.807) is 16.7 Å². The van der Waals surface area contributed by atoms with Crippen molar-refractivity contribution in [2.75, 3.05) is 24.7 Å². The van der Waals surface area contributed by atoms with Gasteiger partial charge in [-0.1, -0.05) is 30.3 Å². The van der Waals surface area contributed by atoms with E-state index in [1.165, 1.54) is 0 Å². The molecule has 2 rings (SSSR count). The second-order valence-electron chi connectivity index (χ2n) is 6.83. The molecule has 0 aliphatic carbocycles. The van der Waals surface area contributed by atoms with E-state index < -0.39 is 24.1 Å². The van der Waals surface area contributed by atoms with Crippen LogP contribution in [0.25, 0.3) is 0 Å². The highest BCUT2D eigenvalue weighted by molar-refractivity contribution is 7.99. The Balaban J connectivity index is 1.60. The minimum atomic E-state index is -1.25. The van der Waals surface area contributed by atoms with Crippen LogP contribution in [0.5, 0.6) is 0 Å². The van der Waals surface area contributed by atoms with Crippen LogP contribution in [0.2, 0.25) is 0 Å². The summed E-state index contributed by atoms with van der Waals surface area (Å²) in [6.45, 7) is 1.20. The molecule has 2 amide bonds. The van der Waals surface area contributed by atoms with Crippen molar-refractivity contribution in [2.45, 2.75) is 43.9 Å². The molecule has 1 heterocycles. The molecule has 3 atom stereocenters. The largest absolute Gasteiger partial charge is 0.382 e. The first-order valence-electron chi connectivity index (χ1n) is 9.36. The van der Waals surface area contributed by atoms with E-state index in [2.05, 4.69) is 5.32 Å². The van der Waals surface area contributed by atoms with Gasteiger partial charge in [-0.2, -0.15) is 0 Å². The van der Waals surface area contributed by atoms with Crippen LogP contribution in [0, 0.1) is 0 Å². The van der Waals surface area contributed by atoms with Gasteiger partial charge in [0.15, 0.2) is 0 Å². The van der Waals surface area contributed by atoms with Crippen LogP contribution in [0.15, 0.2) is 30.3 Å². The molecule has 3 unspecified atom stereocenters. The van der Waals surface area contributed by atoms with Crippen molar-refractivity contribution >= 4 is 23.6 Å². The summed E-state index contributed by atoms with van der Waals surface area (Å²) in [4.78, 5) is 25.9. The smallest absolute Gasteiger partial charge is 0.250 e. The van der Waals surface area contributed by atoms with Crippen molar-refractivity contribution < 1.29 is 14.7 Å². The first-order valence-corrected chi connectivity index (χ1v) is 10.5. The highest BCUT2D eigenvalue weighted by Crippen LogP contribution is 2.15. The number of nitrogens with one attached hydrogen (secondary N) is 1. The van der Waals surface area contributed by atoms with Crippen molar-refractivity contribution in [1.29, 1.82) is 0 Å². The number of unbranched alkanes of at least 4 members (excludes halogenated alkanes) is 1. The number of carbonyl (C=O) groups excluding carboxylic acids is 2. The number of thioether (sulfide) groups is 1. The van der Waals surface area contributed by atoms with E-state index in [9.17, 15) is 14.7 Å². The van der Waals surface area contributed by atoms with Gasteiger partial charge in [-0.05, 0) is 31.2 Å². The molecule has 27 heavy (non-hydrogen) atoms. The number of carbonyl (C=O) groups is 2. The molecule has 0 saturated carbocycles. The minimum Gasteiger partial charge on any atom is -0.382 e. The van der Waals surface area contributed by atoms with Crippen LogP contribution < -0.4 is 16.8 Å². The molecule has 0 radical (unpaired) electrons. The van der Waals surface area contributed by atoms with Gasteiger partial charge in [0, 0.05) is 24.9 Å². The van der Waals surface area contributed by atoms with E-state index in [1.807, 2.05) is 30.3 Å². The van der Waals surface area contributed by atoms with Crippen molar-refractivity contribution in [3.8, 4) is 0 Å². The second kappa shape index (κ2) is 11.3. The summed E-state index contributed by atoms with van der Waals surface area (Å²) in [5, 5.41) is 12.8. The number of hydrogen-bond acceptors (Lipinski definition) is 6. The number of hydrogen-bond donors (Lipinski definition) is 4. The van der Waals surface area contributed by atoms with Gasteiger partial charge in [0.25, 0.3) is 0 Å². The monoisotopic (exact) mass is 394 g/mol. The Bertz CT molecular complexity index is 596. The lowest BCUT2D eigenvalue weighted by Gasteiger charge is -2.20. The van der Waals surface area contributed by atoms with Gasteiger partial charge in [0.1, 0.15) is 6.10 Å². The number of rotatable bonds is 10. The van der Waals surface area contributed by atoms with E-state index in [4.69, 9.17) is 11.5 Å². The molecule has 8 heteroatoms. The zero-order valence-electron chi connectivity index (χ0n) is 15.5. The summed E-state index contributed by atoms with van der Waals surface area (Å²) < 4.78 is 0. The predicted octanol–water partition coefficient (Wildman–Crippen LogP) is 0.0640. The third-order valence-electron chi connectivity index (χ3n) is 4.61. The lowest BCUT2D eigenvalue weighted by atomic mass is 10.0. The number of nitrogens with zero attached hydrogens (tertiary/aromatic N) is 1. The predicted molar refractivity (Wildman–Crippen MR) is 108 cm³/mol. The maximum Gasteiger partial charge on any atom is 0.250 e. The van der Waals surface area contributed by atoms with Gasteiger partial charge in [-0.3, -0.25) is 9.59 Å². The van der Waals surface area contributed by atoms with Crippen molar-refractivity contribution in [3.63, 3.8) is 0 Å². The first kappa shape index (κ1) is 21.7. The van der Waals surface area contributed by atoms with Gasteiger partial charge in [0.2, 0.25) is 11.8 Å². The number of amides is 2. The maximum absolute atomic E-state index is 12.1. The Morgan fingerprint density at radius 3 is 2.63 bits per heavy atom. The molecule has 7 nitrogen and oxygen atoms in total. The molecular formula is C19H30N4O3S. The van der Waals surface area contributed by atoms with Gasteiger partial charge in [0.05, 0.1) is 11.9 Å². The van der Waals surface area contributed by atoms with E-state index in [0.29, 0.717) is 25.8 Å². The van der Waals surface area contributed by atoms with Crippen molar-refractivity contribution in [2.24, 2.45) is 11.5 Å². The molecule has 150 valence electrons. The SMILES string of the molecule is NC(CCCCNC(=O)C(O)C(N)Cc1ccccc1)C(=O)N1CCSC1. The van der Waals surface area contributed by atoms with Crippen LogP contribution in [-0.2, 0) is 16.0 Å². The summed E-state index contributed by atoms with van der Waals surface area (Å²) in [5.41, 5.74) is 12.9. The van der Waals surface area contributed by atoms with Crippen LogP contribution >= 0.6 is 11.8 Å². The number of aliphatic hydroxyl groups is 1. The standard InChI is InChI=1S/C19H30N4O3S/c20-15(19(26)23-10-11-27-13-23)8-4-5-9-22-18(25)17(24)16(21)12-14-6-2-1-3-7-14/h1-3,6-7,15-17,24H,4-5,8-13,20-21H2,(H,22,25). The average molecular weight is 395 g/mol. The maximum atomic E-state index is 12.1. The Morgan fingerprint density at radius 1 is 1.22 bits per heavy atom. The molecule has 0 aromatic heterocycles.